The van der Waals surface area contributed by atoms with Crippen molar-refractivity contribution in [3.63, 3.8) is 0 Å². The Balaban J connectivity index is 2.02. The van der Waals surface area contributed by atoms with E-state index in [2.05, 4.69) is 15.0 Å². The molecule has 0 bridgehead atoms. The highest BCUT2D eigenvalue weighted by Gasteiger charge is 2.07. The fourth-order valence-corrected chi connectivity index (χ4v) is 1.89. The lowest BCUT2D eigenvalue weighted by Gasteiger charge is -1.98. The fourth-order valence-electron chi connectivity index (χ4n) is 1.22. The van der Waals surface area contributed by atoms with E-state index in [1.165, 1.54) is 11.8 Å². The van der Waals surface area contributed by atoms with Crippen molar-refractivity contribution in [1.82, 2.24) is 15.0 Å². The number of esters is 1. The van der Waals surface area contributed by atoms with Crippen molar-refractivity contribution in [3.05, 3.63) is 18.3 Å². The average molecular weight is 237 g/mol. The maximum absolute atomic E-state index is 11.1. The molecule has 2 aromatic rings. The van der Waals surface area contributed by atoms with E-state index in [-0.39, 0.29) is 11.7 Å². The molecule has 0 aliphatic heterocycles. The number of carbonyl (C=O) groups excluding carboxylic acids is 1. The van der Waals surface area contributed by atoms with Crippen LogP contribution in [0.25, 0.3) is 11.2 Å². The van der Waals surface area contributed by atoms with Crippen molar-refractivity contribution in [1.29, 1.82) is 0 Å². The van der Waals surface area contributed by atoms with Crippen molar-refractivity contribution in [2.45, 2.75) is 12.1 Å². The van der Waals surface area contributed by atoms with Crippen molar-refractivity contribution < 1.29 is 9.53 Å². The molecule has 2 aromatic heterocycles. The Morgan fingerprint density at radius 2 is 2.50 bits per heavy atom. The Hall–Kier alpha value is -1.56. The first-order chi connectivity index (χ1) is 7.79. The summed E-state index contributed by atoms with van der Waals surface area (Å²) in [7, 11) is 0. The number of fused-ring (bicyclic) bond motifs is 1. The number of ether oxygens (including phenoxy) is 1. The first-order valence-corrected chi connectivity index (χ1v) is 5.87. The SMILES string of the molecule is CCOC(=O)CSc1nc2ncccc2[nH]1. The third-order valence-electron chi connectivity index (χ3n) is 1.87. The summed E-state index contributed by atoms with van der Waals surface area (Å²) in [6, 6.07) is 3.73. The zero-order valence-electron chi connectivity index (χ0n) is 8.77. The highest BCUT2D eigenvalue weighted by Crippen LogP contribution is 2.17. The van der Waals surface area contributed by atoms with Gasteiger partial charge in [-0.05, 0) is 19.1 Å². The lowest BCUT2D eigenvalue weighted by atomic mass is 10.4. The summed E-state index contributed by atoms with van der Waals surface area (Å²) in [5.41, 5.74) is 1.53. The Morgan fingerprint density at radius 3 is 3.25 bits per heavy atom. The molecule has 0 aliphatic rings. The number of nitrogens with zero attached hydrogens (tertiary/aromatic N) is 2. The number of aromatic amines is 1. The summed E-state index contributed by atoms with van der Waals surface area (Å²) in [6.45, 7) is 2.19. The van der Waals surface area contributed by atoms with Gasteiger partial charge in [-0.2, -0.15) is 0 Å². The molecule has 0 amide bonds. The van der Waals surface area contributed by atoms with Gasteiger partial charge in [-0.1, -0.05) is 11.8 Å². The summed E-state index contributed by atoms with van der Waals surface area (Å²) in [4.78, 5) is 22.5. The number of H-pyrrole nitrogens is 1. The van der Waals surface area contributed by atoms with Crippen LogP contribution in [0, 0.1) is 0 Å². The van der Waals surface area contributed by atoms with Gasteiger partial charge in [-0.3, -0.25) is 4.79 Å². The van der Waals surface area contributed by atoms with Crippen LogP contribution in [0.3, 0.4) is 0 Å². The third-order valence-corrected chi connectivity index (χ3v) is 2.71. The number of thioether (sulfide) groups is 1. The van der Waals surface area contributed by atoms with E-state index in [1.807, 2.05) is 12.1 Å². The van der Waals surface area contributed by atoms with Crippen LogP contribution in [0.4, 0.5) is 0 Å². The van der Waals surface area contributed by atoms with E-state index in [1.54, 1.807) is 13.1 Å². The second-order valence-electron chi connectivity index (χ2n) is 3.01. The highest BCUT2D eigenvalue weighted by molar-refractivity contribution is 7.99. The second-order valence-corrected chi connectivity index (χ2v) is 3.97. The van der Waals surface area contributed by atoms with Gasteiger partial charge in [0, 0.05) is 6.20 Å². The smallest absolute Gasteiger partial charge is 0.316 e. The minimum absolute atomic E-state index is 0.235. The topological polar surface area (TPSA) is 67.9 Å². The normalized spacial score (nSPS) is 10.6. The molecule has 0 unspecified atom stereocenters. The Morgan fingerprint density at radius 1 is 1.62 bits per heavy atom. The van der Waals surface area contributed by atoms with Crippen LogP contribution in [-0.2, 0) is 9.53 Å². The number of aromatic nitrogens is 3. The lowest BCUT2D eigenvalue weighted by molar-refractivity contribution is -0.139. The summed E-state index contributed by atoms with van der Waals surface area (Å²) in [5.74, 6) is 0.0223. The van der Waals surface area contributed by atoms with E-state index in [9.17, 15) is 4.79 Å². The summed E-state index contributed by atoms with van der Waals surface area (Å²) >= 11 is 1.31. The monoisotopic (exact) mass is 237 g/mol. The number of carbonyl (C=O) groups is 1. The maximum atomic E-state index is 11.1. The van der Waals surface area contributed by atoms with Gasteiger partial charge in [0.25, 0.3) is 0 Å². The second kappa shape index (κ2) is 4.98. The van der Waals surface area contributed by atoms with Crippen molar-refractivity contribution >= 4 is 28.9 Å². The number of pyridine rings is 1. The third kappa shape index (κ3) is 2.52. The molecule has 84 valence electrons. The van der Waals surface area contributed by atoms with Gasteiger partial charge in [0.15, 0.2) is 10.8 Å². The minimum Gasteiger partial charge on any atom is -0.465 e. The summed E-state index contributed by atoms with van der Waals surface area (Å²) in [6.07, 6.45) is 1.68. The molecule has 0 spiro atoms. The van der Waals surface area contributed by atoms with Gasteiger partial charge < -0.3 is 9.72 Å². The first-order valence-electron chi connectivity index (χ1n) is 4.88. The summed E-state index contributed by atoms with van der Waals surface area (Å²) in [5, 5.41) is 0.682. The van der Waals surface area contributed by atoms with E-state index in [0.717, 1.165) is 5.52 Å². The zero-order chi connectivity index (χ0) is 11.4. The molecule has 5 nitrogen and oxygen atoms in total. The standard InChI is InChI=1S/C10H11N3O2S/c1-2-15-8(14)6-16-10-12-7-4-3-5-11-9(7)13-10/h3-5H,2,6H2,1H3,(H,11,12,13). The van der Waals surface area contributed by atoms with Crippen LogP contribution in [-0.4, -0.2) is 33.3 Å². The van der Waals surface area contributed by atoms with Gasteiger partial charge in [-0.15, -0.1) is 0 Å². The minimum atomic E-state index is -0.235. The predicted octanol–water partition coefficient (Wildman–Crippen LogP) is 1.61. The highest BCUT2D eigenvalue weighted by atomic mass is 32.2. The average Bonchev–Trinajstić information content (AvgIpc) is 2.69. The fraction of sp³-hybridized carbons (Fsp3) is 0.300. The molecule has 6 heteroatoms. The number of nitrogens with one attached hydrogen (secondary N) is 1. The summed E-state index contributed by atoms with van der Waals surface area (Å²) < 4.78 is 4.82. The van der Waals surface area contributed by atoms with Gasteiger partial charge >= 0.3 is 5.97 Å². The van der Waals surface area contributed by atoms with E-state index < -0.39 is 0 Å². The number of rotatable bonds is 4. The molecule has 0 aliphatic carbocycles. The van der Waals surface area contributed by atoms with Crippen molar-refractivity contribution in [3.8, 4) is 0 Å². The lowest BCUT2D eigenvalue weighted by Crippen LogP contribution is -2.06. The van der Waals surface area contributed by atoms with Crippen LogP contribution in [0.2, 0.25) is 0 Å². The molecule has 16 heavy (non-hydrogen) atoms. The van der Waals surface area contributed by atoms with Crippen LogP contribution in [0.1, 0.15) is 6.92 Å². The number of hydrogen-bond acceptors (Lipinski definition) is 5. The molecule has 2 rings (SSSR count). The Kier molecular flexibility index (Phi) is 3.40. The number of hydrogen-bond donors (Lipinski definition) is 1. The largest absolute Gasteiger partial charge is 0.465 e. The van der Waals surface area contributed by atoms with E-state index in [0.29, 0.717) is 17.4 Å². The van der Waals surface area contributed by atoms with Crippen LogP contribution in [0.5, 0.6) is 0 Å². The zero-order valence-corrected chi connectivity index (χ0v) is 9.58. The van der Waals surface area contributed by atoms with Crippen molar-refractivity contribution in [2.75, 3.05) is 12.4 Å². The quantitative estimate of drug-likeness (QED) is 0.646. The number of imidazole rings is 1. The molecule has 1 N–H and O–H groups in total. The van der Waals surface area contributed by atoms with E-state index in [4.69, 9.17) is 4.74 Å². The molecule has 2 heterocycles. The Bertz CT molecular complexity index is 465. The first kappa shape index (κ1) is 10.9. The Labute approximate surface area is 96.6 Å². The molecule has 0 fully saturated rings. The van der Waals surface area contributed by atoms with Crippen LogP contribution < -0.4 is 0 Å². The van der Waals surface area contributed by atoms with Gasteiger partial charge in [0.2, 0.25) is 0 Å². The predicted molar refractivity (Wildman–Crippen MR) is 61.2 cm³/mol. The maximum Gasteiger partial charge on any atom is 0.316 e. The molecule has 0 saturated heterocycles. The molecular formula is C10H11N3O2S. The molecule has 0 saturated carbocycles. The van der Waals surface area contributed by atoms with Crippen molar-refractivity contribution in [2.24, 2.45) is 0 Å². The van der Waals surface area contributed by atoms with Gasteiger partial charge in [0.05, 0.1) is 17.9 Å². The molecule has 0 atom stereocenters. The molecule has 0 aromatic carbocycles. The van der Waals surface area contributed by atoms with Gasteiger partial charge in [0.1, 0.15) is 0 Å². The molecule has 0 radical (unpaired) electrons. The van der Waals surface area contributed by atoms with Gasteiger partial charge in [-0.25, -0.2) is 9.97 Å². The van der Waals surface area contributed by atoms with E-state index >= 15 is 0 Å². The van der Waals surface area contributed by atoms with Crippen LogP contribution >= 0.6 is 11.8 Å². The van der Waals surface area contributed by atoms with Crippen LogP contribution in [0.15, 0.2) is 23.5 Å². The molecular weight excluding hydrogens is 226 g/mol.